The molecule has 0 saturated carbocycles. The molecule has 44 valence electrons. The molecule has 0 amide bonds. The van der Waals surface area contributed by atoms with Crippen molar-refractivity contribution >= 4 is 6.21 Å². The molecule has 1 saturated heterocycles. The van der Waals surface area contributed by atoms with E-state index in [-0.39, 0.29) is 0 Å². The van der Waals surface area contributed by atoms with Crippen molar-refractivity contribution in [3.63, 3.8) is 0 Å². The van der Waals surface area contributed by atoms with Gasteiger partial charge in [0.25, 0.3) is 0 Å². The summed E-state index contributed by atoms with van der Waals surface area (Å²) in [6.07, 6.45) is 3.38. The van der Waals surface area contributed by atoms with Crippen LogP contribution in [0.3, 0.4) is 0 Å². The molecule has 1 fully saturated rings. The number of hydrogen-bond donors (Lipinski definition) is 1. The van der Waals surface area contributed by atoms with Crippen LogP contribution in [0.25, 0.3) is 0 Å². The molecule has 0 atom stereocenters. The molecule has 1 heterocycles. The monoisotopic (exact) mass is 110 g/mol. The Bertz CT molecular complexity index is 122. The third kappa shape index (κ3) is 1.37. The van der Waals surface area contributed by atoms with Crippen molar-refractivity contribution in [1.29, 1.82) is 5.41 Å². The number of nitrogens with zero attached hydrogens (tertiary/aromatic N) is 1. The van der Waals surface area contributed by atoms with Gasteiger partial charge >= 0.3 is 0 Å². The summed E-state index contributed by atoms with van der Waals surface area (Å²) >= 11 is 0. The summed E-state index contributed by atoms with van der Waals surface area (Å²) in [5.41, 5.74) is 1.03. The van der Waals surface area contributed by atoms with Crippen LogP contribution >= 0.6 is 0 Å². The highest BCUT2D eigenvalue weighted by molar-refractivity contribution is 5.74. The SMILES string of the molecule is C/C(C=N)=C/N1CC1. The van der Waals surface area contributed by atoms with Crippen molar-refractivity contribution in [3.8, 4) is 0 Å². The van der Waals surface area contributed by atoms with Gasteiger partial charge in [-0.3, -0.25) is 0 Å². The average Bonchev–Trinajstić information content (AvgIpc) is 2.50. The lowest BCUT2D eigenvalue weighted by atomic mass is 10.4. The Morgan fingerprint density at radius 1 is 1.62 bits per heavy atom. The smallest absolute Gasteiger partial charge is 0.0349 e. The summed E-state index contributed by atoms with van der Waals surface area (Å²) in [5, 5.41) is 6.81. The van der Waals surface area contributed by atoms with Crippen molar-refractivity contribution in [2.24, 2.45) is 0 Å². The van der Waals surface area contributed by atoms with Crippen molar-refractivity contribution in [2.75, 3.05) is 13.1 Å². The second-order valence-electron chi connectivity index (χ2n) is 2.05. The molecule has 0 aromatic rings. The first-order valence-electron chi connectivity index (χ1n) is 2.76. The van der Waals surface area contributed by atoms with Crippen molar-refractivity contribution < 1.29 is 0 Å². The maximum absolute atomic E-state index is 6.81. The van der Waals surface area contributed by atoms with Gasteiger partial charge in [-0.05, 0) is 12.5 Å². The fraction of sp³-hybridized carbons (Fsp3) is 0.500. The van der Waals surface area contributed by atoms with E-state index < -0.39 is 0 Å². The molecule has 0 radical (unpaired) electrons. The molecular formula is C6H10N2. The highest BCUT2D eigenvalue weighted by atomic mass is 15.2. The molecule has 2 heteroatoms. The van der Waals surface area contributed by atoms with Crippen LogP contribution in [-0.2, 0) is 0 Å². The Hall–Kier alpha value is -0.790. The summed E-state index contributed by atoms with van der Waals surface area (Å²) in [6.45, 7) is 4.28. The normalized spacial score (nSPS) is 18.6. The highest BCUT2D eigenvalue weighted by Gasteiger charge is 2.11. The molecule has 0 aliphatic carbocycles. The van der Waals surface area contributed by atoms with E-state index in [2.05, 4.69) is 4.90 Å². The molecule has 2 nitrogen and oxygen atoms in total. The Morgan fingerprint density at radius 2 is 2.25 bits per heavy atom. The topological polar surface area (TPSA) is 26.9 Å². The molecular weight excluding hydrogens is 100 g/mol. The van der Waals surface area contributed by atoms with Gasteiger partial charge < -0.3 is 10.3 Å². The van der Waals surface area contributed by atoms with Crippen LogP contribution in [0, 0.1) is 5.41 Å². The van der Waals surface area contributed by atoms with E-state index in [1.54, 1.807) is 0 Å². The van der Waals surface area contributed by atoms with E-state index >= 15 is 0 Å². The molecule has 1 rings (SSSR count). The first kappa shape index (κ1) is 5.35. The van der Waals surface area contributed by atoms with Crippen LogP contribution < -0.4 is 0 Å². The predicted octanol–water partition coefficient (Wildman–Crippen LogP) is 0.855. The maximum atomic E-state index is 6.81. The molecule has 1 N–H and O–H groups in total. The van der Waals surface area contributed by atoms with Gasteiger partial charge in [0.15, 0.2) is 0 Å². The number of nitrogens with one attached hydrogen (secondary N) is 1. The quantitative estimate of drug-likeness (QED) is 0.414. The molecule has 0 spiro atoms. The van der Waals surface area contributed by atoms with E-state index in [1.807, 2.05) is 13.1 Å². The van der Waals surface area contributed by atoms with Crippen molar-refractivity contribution in [3.05, 3.63) is 11.8 Å². The van der Waals surface area contributed by atoms with Gasteiger partial charge in [0.1, 0.15) is 0 Å². The Labute approximate surface area is 49.3 Å². The molecule has 0 bridgehead atoms. The van der Waals surface area contributed by atoms with Gasteiger partial charge in [0.05, 0.1) is 0 Å². The number of hydrogen-bond acceptors (Lipinski definition) is 2. The van der Waals surface area contributed by atoms with E-state index in [9.17, 15) is 0 Å². The van der Waals surface area contributed by atoms with Crippen LogP contribution in [0.15, 0.2) is 11.8 Å². The average molecular weight is 110 g/mol. The fourth-order valence-electron chi connectivity index (χ4n) is 0.512. The standard InChI is InChI=1S/C6H10N2/c1-6(4-7)5-8-2-3-8/h4-5,7H,2-3H2,1H3/b6-5-,7-4?. The second-order valence-corrected chi connectivity index (χ2v) is 2.05. The summed E-state index contributed by atoms with van der Waals surface area (Å²) in [4.78, 5) is 2.17. The molecule has 0 aromatic heterocycles. The molecule has 0 aromatic carbocycles. The Balaban J connectivity index is 2.38. The van der Waals surface area contributed by atoms with Crippen LogP contribution in [-0.4, -0.2) is 24.2 Å². The lowest BCUT2D eigenvalue weighted by Gasteiger charge is -1.89. The van der Waals surface area contributed by atoms with Gasteiger partial charge in [-0.2, -0.15) is 0 Å². The van der Waals surface area contributed by atoms with E-state index in [0.29, 0.717) is 0 Å². The van der Waals surface area contributed by atoms with Gasteiger partial charge in [-0.1, -0.05) is 0 Å². The van der Waals surface area contributed by atoms with Crippen LogP contribution in [0.1, 0.15) is 6.92 Å². The lowest BCUT2D eigenvalue weighted by Crippen LogP contribution is -1.84. The largest absolute Gasteiger partial charge is 0.374 e. The number of rotatable bonds is 2. The maximum Gasteiger partial charge on any atom is 0.0349 e. The molecule has 1 aliphatic heterocycles. The van der Waals surface area contributed by atoms with E-state index in [0.717, 1.165) is 5.57 Å². The predicted molar refractivity (Wildman–Crippen MR) is 34.1 cm³/mol. The summed E-state index contributed by atoms with van der Waals surface area (Å²) < 4.78 is 0. The van der Waals surface area contributed by atoms with Crippen molar-refractivity contribution in [2.45, 2.75) is 6.92 Å². The minimum atomic E-state index is 1.03. The van der Waals surface area contributed by atoms with Crippen LogP contribution in [0.5, 0.6) is 0 Å². The number of allylic oxidation sites excluding steroid dienone is 1. The zero-order valence-corrected chi connectivity index (χ0v) is 5.02. The van der Waals surface area contributed by atoms with E-state index in [1.165, 1.54) is 19.3 Å². The molecule has 8 heavy (non-hydrogen) atoms. The summed E-state index contributed by atoms with van der Waals surface area (Å²) in [6, 6.07) is 0. The Kier molecular flexibility index (Phi) is 1.33. The van der Waals surface area contributed by atoms with Gasteiger partial charge in [0.2, 0.25) is 0 Å². The first-order valence-corrected chi connectivity index (χ1v) is 2.76. The summed E-state index contributed by atoms with van der Waals surface area (Å²) in [7, 11) is 0. The van der Waals surface area contributed by atoms with Crippen LogP contribution in [0.4, 0.5) is 0 Å². The fourth-order valence-corrected chi connectivity index (χ4v) is 0.512. The molecule has 1 aliphatic rings. The Morgan fingerprint density at radius 3 is 2.62 bits per heavy atom. The lowest BCUT2D eigenvalue weighted by molar-refractivity contribution is 0.767. The van der Waals surface area contributed by atoms with Gasteiger partial charge in [-0.25, -0.2) is 0 Å². The van der Waals surface area contributed by atoms with Crippen molar-refractivity contribution in [1.82, 2.24) is 4.90 Å². The zero-order valence-electron chi connectivity index (χ0n) is 5.02. The zero-order chi connectivity index (χ0) is 5.98. The minimum absolute atomic E-state index is 1.03. The third-order valence-corrected chi connectivity index (χ3v) is 1.10. The molecule has 0 unspecified atom stereocenters. The highest BCUT2D eigenvalue weighted by Crippen LogP contribution is 2.05. The van der Waals surface area contributed by atoms with Gasteiger partial charge in [0, 0.05) is 25.5 Å². The van der Waals surface area contributed by atoms with Crippen LogP contribution in [0.2, 0.25) is 0 Å². The van der Waals surface area contributed by atoms with E-state index in [4.69, 9.17) is 5.41 Å². The second kappa shape index (κ2) is 1.99. The van der Waals surface area contributed by atoms with Gasteiger partial charge in [-0.15, -0.1) is 0 Å². The minimum Gasteiger partial charge on any atom is -0.374 e. The first-order chi connectivity index (χ1) is 3.83. The summed E-state index contributed by atoms with van der Waals surface area (Å²) in [5.74, 6) is 0. The third-order valence-electron chi connectivity index (χ3n) is 1.10.